The predicted molar refractivity (Wildman–Crippen MR) is 65.9 cm³/mol. The Labute approximate surface area is 98.8 Å². The van der Waals surface area contributed by atoms with Crippen LogP contribution in [0.25, 0.3) is 0 Å². The van der Waals surface area contributed by atoms with Crippen LogP contribution in [0.3, 0.4) is 0 Å². The van der Waals surface area contributed by atoms with Gasteiger partial charge in [-0.05, 0) is 30.7 Å². The number of phenols is 3. The summed E-state index contributed by atoms with van der Waals surface area (Å²) in [5.74, 6) is 0.0485. The molecule has 0 spiro atoms. The fourth-order valence-electron chi connectivity index (χ4n) is 1.53. The highest BCUT2D eigenvalue weighted by Gasteiger charge is 2.07. The van der Waals surface area contributed by atoms with E-state index in [1.807, 2.05) is 0 Å². The van der Waals surface area contributed by atoms with Crippen LogP contribution in [0, 0.1) is 6.92 Å². The molecule has 0 fully saturated rings. The molecule has 2 rings (SSSR count). The van der Waals surface area contributed by atoms with Crippen molar-refractivity contribution in [3.05, 3.63) is 42.0 Å². The van der Waals surface area contributed by atoms with Gasteiger partial charge in [-0.15, -0.1) is 0 Å². The Kier molecular flexibility index (Phi) is 2.78. The van der Waals surface area contributed by atoms with Crippen LogP contribution >= 0.6 is 0 Å². The number of aryl methyl sites for hydroxylation is 1. The molecule has 4 heteroatoms. The summed E-state index contributed by atoms with van der Waals surface area (Å²) in [6.45, 7) is 1.79. The van der Waals surface area contributed by atoms with Crippen LogP contribution in [0.2, 0.25) is 0 Å². The summed E-state index contributed by atoms with van der Waals surface area (Å²) < 4.78 is 0. The molecule has 0 atom stereocenters. The lowest BCUT2D eigenvalue weighted by Gasteiger charge is -2.11. The van der Waals surface area contributed by atoms with Gasteiger partial charge in [0.2, 0.25) is 0 Å². The number of anilines is 2. The van der Waals surface area contributed by atoms with Crippen LogP contribution < -0.4 is 5.32 Å². The topological polar surface area (TPSA) is 72.7 Å². The zero-order valence-electron chi connectivity index (χ0n) is 9.31. The van der Waals surface area contributed by atoms with E-state index in [9.17, 15) is 10.2 Å². The summed E-state index contributed by atoms with van der Waals surface area (Å²) in [5.41, 5.74) is 1.67. The molecule has 0 aliphatic carbocycles. The van der Waals surface area contributed by atoms with Crippen molar-refractivity contribution in [1.29, 1.82) is 0 Å². The molecule has 4 nitrogen and oxygen atoms in total. The second-order valence-corrected chi connectivity index (χ2v) is 3.80. The maximum atomic E-state index is 9.81. The Morgan fingerprint density at radius 1 is 0.941 bits per heavy atom. The van der Waals surface area contributed by atoms with Gasteiger partial charge in [-0.1, -0.05) is 12.1 Å². The van der Waals surface area contributed by atoms with Gasteiger partial charge in [0.15, 0.2) is 0 Å². The highest BCUT2D eigenvalue weighted by Crippen LogP contribution is 2.34. The van der Waals surface area contributed by atoms with Gasteiger partial charge >= 0.3 is 0 Å². The number of hydrogen-bond donors (Lipinski definition) is 4. The number of aromatic hydroxyl groups is 3. The smallest absolute Gasteiger partial charge is 0.142 e. The quantitative estimate of drug-likeness (QED) is 0.473. The molecular weight excluding hydrogens is 218 g/mol. The number of nitrogens with one attached hydrogen (secondary N) is 1. The summed E-state index contributed by atoms with van der Waals surface area (Å²) in [6.07, 6.45) is 0. The van der Waals surface area contributed by atoms with E-state index in [2.05, 4.69) is 5.32 Å². The van der Waals surface area contributed by atoms with E-state index < -0.39 is 0 Å². The molecule has 2 aromatic carbocycles. The van der Waals surface area contributed by atoms with Gasteiger partial charge < -0.3 is 20.6 Å². The van der Waals surface area contributed by atoms with E-state index in [0.29, 0.717) is 11.4 Å². The van der Waals surface area contributed by atoms with Crippen LogP contribution in [-0.4, -0.2) is 15.3 Å². The predicted octanol–water partition coefficient (Wildman–Crippen LogP) is 2.86. The number of hydrogen-bond acceptors (Lipinski definition) is 4. The van der Waals surface area contributed by atoms with Crippen molar-refractivity contribution in [3.8, 4) is 17.2 Å². The molecule has 0 amide bonds. The van der Waals surface area contributed by atoms with Gasteiger partial charge in [0, 0.05) is 6.07 Å². The minimum Gasteiger partial charge on any atom is -0.508 e. The molecule has 88 valence electrons. The first-order chi connectivity index (χ1) is 8.08. The highest BCUT2D eigenvalue weighted by molar-refractivity contribution is 5.71. The van der Waals surface area contributed by atoms with Gasteiger partial charge in [0.1, 0.15) is 17.2 Å². The lowest BCUT2D eigenvalue weighted by Crippen LogP contribution is -1.92. The van der Waals surface area contributed by atoms with Crippen molar-refractivity contribution in [3.63, 3.8) is 0 Å². The van der Waals surface area contributed by atoms with Crippen LogP contribution in [0.4, 0.5) is 11.4 Å². The van der Waals surface area contributed by atoms with Crippen molar-refractivity contribution >= 4 is 11.4 Å². The second kappa shape index (κ2) is 4.25. The number of para-hydroxylation sites is 1. The summed E-state index contributed by atoms with van der Waals surface area (Å²) in [6, 6.07) is 9.51. The first kappa shape index (κ1) is 11.1. The van der Waals surface area contributed by atoms with E-state index >= 15 is 0 Å². The molecular formula is C13H13NO3. The fourth-order valence-corrected chi connectivity index (χ4v) is 1.53. The first-order valence-electron chi connectivity index (χ1n) is 5.15. The molecule has 0 heterocycles. The van der Waals surface area contributed by atoms with Crippen molar-refractivity contribution < 1.29 is 15.3 Å². The van der Waals surface area contributed by atoms with Crippen molar-refractivity contribution in [2.75, 3.05) is 5.32 Å². The van der Waals surface area contributed by atoms with E-state index in [4.69, 9.17) is 5.11 Å². The largest absolute Gasteiger partial charge is 0.508 e. The molecule has 0 aromatic heterocycles. The third-order valence-electron chi connectivity index (χ3n) is 2.49. The molecule has 0 unspecified atom stereocenters. The summed E-state index contributed by atoms with van der Waals surface area (Å²) in [7, 11) is 0. The zero-order chi connectivity index (χ0) is 12.4. The molecule has 0 aliphatic rings. The SMILES string of the molecule is Cc1cccc(Nc2ccc(O)cc2O)c1O. The highest BCUT2D eigenvalue weighted by atomic mass is 16.3. The Morgan fingerprint density at radius 3 is 2.41 bits per heavy atom. The summed E-state index contributed by atoms with van der Waals surface area (Å²) in [5, 5.41) is 31.5. The molecule has 0 radical (unpaired) electrons. The van der Waals surface area contributed by atoms with Gasteiger partial charge in [-0.3, -0.25) is 0 Å². The number of rotatable bonds is 2. The Balaban J connectivity index is 2.35. The average molecular weight is 231 g/mol. The molecule has 0 saturated heterocycles. The number of phenolic OH excluding ortho intramolecular Hbond substituents is 3. The normalized spacial score (nSPS) is 10.2. The van der Waals surface area contributed by atoms with E-state index in [1.165, 1.54) is 18.2 Å². The maximum absolute atomic E-state index is 9.81. The monoisotopic (exact) mass is 231 g/mol. The fraction of sp³-hybridized carbons (Fsp3) is 0.0769. The van der Waals surface area contributed by atoms with Crippen LogP contribution in [0.5, 0.6) is 17.2 Å². The van der Waals surface area contributed by atoms with E-state index in [0.717, 1.165) is 5.56 Å². The third-order valence-corrected chi connectivity index (χ3v) is 2.49. The second-order valence-electron chi connectivity index (χ2n) is 3.80. The van der Waals surface area contributed by atoms with Crippen LogP contribution in [-0.2, 0) is 0 Å². The number of benzene rings is 2. The van der Waals surface area contributed by atoms with Gasteiger partial charge in [0.25, 0.3) is 0 Å². The average Bonchev–Trinajstić information content (AvgIpc) is 2.28. The van der Waals surface area contributed by atoms with Gasteiger partial charge in [-0.25, -0.2) is 0 Å². The van der Waals surface area contributed by atoms with Gasteiger partial charge in [0.05, 0.1) is 11.4 Å². The molecule has 4 N–H and O–H groups in total. The van der Waals surface area contributed by atoms with Crippen LogP contribution in [0.1, 0.15) is 5.56 Å². The van der Waals surface area contributed by atoms with Crippen molar-refractivity contribution in [1.82, 2.24) is 0 Å². The van der Waals surface area contributed by atoms with Crippen LogP contribution in [0.15, 0.2) is 36.4 Å². The lowest BCUT2D eigenvalue weighted by atomic mass is 10.2. The maximum Gasteiger partial charge on any atom is 0.142 e. The third kappa shape index (κ3) is 2.25. The molecule has 2 aromatic rings. The molecule has 0 bridgehead atoms. The van der Waals surface area contributed by atoms with Crippen molar-refractivity contribution in [2.45, 2.75) is 6.92 Å². The molecule has 0 aliphatic heterocycles. The lowest BCUT2D eigenvalue weighted by molar-refractivity contribution is 0.452. The first-order valence-corrected chi connectivity index (χ1v) is 5.15. The minimum absolute atomic E-state index is 0.0125. The van der Waals surface area contributed by atoms with E-state index in [1.54, 1.807) is 25.1 Å². The zero-order valence-corrected chi connectivity index (χ0v) is 9.31. The Morgan fingerprint density at radius 2 is 1.71 bits per heavy atom. The standard InChI is InChI=1S/C13H13NO3/c1-8-3-2-4-11(13(8)17)14-10-6-5-9(15)7-12(10)16/h2-7,14-17H,1H3. The summed E-state index contributed by atoms with van der Waals surface area (Å²) in [4.78, 5) is 0. The Hall–Kier alpha value is -2.36. The van der Waals surface area contributed by atoms with E-state index in [-0.39, 0.29) is 17.2 Å². The minimum atomic E-state index is -0.0779. The van der Waals surface area contributed by atoms with Gasteiger partial charge in [-0.2, -0.15) is 0 Å². The molecule has 17 heavy (non-hydrogen) atoms. The summed E-state index contributed by atoms with van der Waals surface area (Å²) >= 11 is 0. The Bertz CT molecular complexity index is 552. The molecule has 0 saturated carbocycles. The van der Waals surface area contributed by atoms with Crippen molar-refractivity contribution in [2.24, 2.45) is 0 Å².